The third-order valence-corrected chi connectivity index (χ3v) is 3.54. The van der Waals surface area contributed by atoms with E-state index in [1.807, 2.05) is 0 Å². The van der Waals surface area contributed by atoms with Gasteiger partial charge in [-0.15, -0.1) is 0 Å². The molecular formula is C15H19F4NO. The summed E-state index contributed by atoms with van der Waals surface area (Å²) in [6, 6.07) is 2.89. The number of fused-ring (bicyclic) bond motifs is 1. The van der Waals surface area contributed by atoms with Gasteiger partial charge in [-0.1, -0.05) is 19.1 Å². The third kappa shape index (κ3) is 3.48. The first kappa shape index (κ1) is 16.1. The van der Waals surface area contributed by atoms with Crippen LogP contribution in [0, 0.1) is 0 Å². The van der Waals surface area contributed by atoms with Crippen molar-refractivity contribution in [3.63, 3.8) is 0 Å². The van der Waals surface area contributed by atoms with Gasteiger partial charge in [0.1, 0.15) is 11.8 Å². The zero-order chi connectivity index (χ0) is 15.5. The summed E-state index contributed by atoms with van der Waals surface area (Å²) in [4.78, 5) is 0. The molecule has 1 aromatic rings. The summed E-state index contributed by atoms with van der Waals surface area (Å²) in [6.07, 6.45) is -1.61. The van der Waals surface area contributed by atoms with Crippen LogP contribution in [0.15, 0.2) is 18.2 Å². The van der Waals surface area contributed by atoms with E-state index in [9.17, 15) is 17.6 Å². The molecule has 0 bridgehead atoms. The average molecular weight is 305 g/mol. The van der Waals surface area contributed by atoms with E-state index in [1.165, 1.54) is 6.07 Å². The van der Waals surface area contributed by atoms with E-state index >= 15 is 0 Å². The number of ether oxygens (including phenoxy) is 1. The molecule has 0 saturated carbocycles. The zero-order valence-electron chi connectivity index (χ0n) is 11.8. The Hall–Kier alpha value is -1.30. The van der Waals surface area contributed by atoms with Gasteiger partial charge in [0.25, 0.3) is 0 Å². The maximum atomic E-state index is 13.8. The Balaban J connectivity index is 2.32. The number of benzene rings is 1. The minimum atomic E-state index is -4.11. The molecule has 6 heteroatoms. The van der Waals surface area contributed by atoms with Gasteiger partial charge in [0, 0.05) is 0 Å². The summed E-state index contributed by atoms with van der Waals surface area (Å²) >= 11 is 0. The molecule has 118 valence electrons. The zero-order valence-corrected chi connectivity index (χ0v) is 11.8. The molecule has 0 aromatic heterocycles. The number of alkyl halides is 4. The Morgan fingerprint density at radius 2 is 2.10 bits per heavy atom. The first-order chi connectivity index (χ1) is 9.96. The Morgan fingerprint density at radius 1 is 1.33 bits per heavy atom. The lowest BCUT2D eigenvalue weighted by molar-refractivity contribution is -0.151. The van der Waals surface area contributed by atoms with Gasteiger partial charge in [0.15, 0.2) is 0 Å². The molecule has 1 unspecified atom stereocenters. The predicted molar refractivity (Wildman–Crippen MR) is 72.2 cm³/mol. The van der Waals surface area contributed by atoms with E-state index in [-0.39, 0.29) is 12.1 Å². The third-order valence-electron chi connectivity index (χ3n) is 3.54. The number of hydrogen-bond acceptors (Lipinski definition) is 2. The number of aryl methyl sites for hydroxylation is 1. The Morgan fingerprint density at radius 3 is 2.76 bits per heavy atom. The van der Waals surface area contributed by atoms with Gasteiger partial charge in [-0.3, -0.25) is 0 Å². The second-order valence-corrected chi connectivity index (χ2v) is 5.18. The van der Waals surface area contributed by atoms with Crippen molar-refractivity contribution >= 4 is 0 Å². The first-order valence-corrected chi connectivity index (χ1v) is 7.11. The van der Waals surface area contributed by atoms with Gasteiger partial charge < -0.3 is 10.1 Å². The van der Waals surface area contributed by atoms with Gasteiger partial charge in [-0.25, -0.2) is 8.78 Å². The molecule has 1 heterocycles. The Labute approximate surface area is 121 Å². The normalized spacial score (nSPS) is 16.5. The molecule has 0 saturated heterocycles. The highest BCUT2D eigenvalue weighted by atomic mass is 19.3. The van der Waals surface area contributed by atoms with E-state index in [0.29, 0.717) is 25.2 Å². The van der Waals surface area contributed by atoms with Crippen molar-refractivity contribution in [2.24, 2.45) is 0 Å². The maximum absolute atomic E-state index is 13.8. The van der Waals surface area contributed by atoms with Crippen LogP contribution < -0.4 is 10.1 Å². The van der Waals surface area contributed by atoms with Crippen LogP contribution in [0.4, 0.5) is 17.6 Å². The van der Waals surface area contributed by atoms with Crippen LogP contribution >= 0.6 is 0 Å². The molecule has 0 spiro atoms. The second kappa shape index (κ2) is 6.64. The van der Waals surface area contributed by atoms with Crippen LogP contribution in [0.25, 0.3) is 0 Å². The molecule has 0 radical (unpaired) electrons. The predicted octanol–water partition coefficient (Wildman–Crippen LogP) is 3.95. The van der Waals surface area contributed by atoms with Crippen LogP contribution in [-0.2, 0) is 6.42 Å². The summed E-state index contributed by atoms with van der Waals surface area (Å²) in [5.74, 6) is -3.46. The minimum absolute atomic E-state index is 0.179. The van der Waals surface area contributed by atoms with Gasteiger partial charge in [0.2, 0.25) is 0 Å². The van der Waals surface area contributed by atoms with Gasteiger partial charge in [-0.2, -0.15) is 8.78 Å². The van der Waals surface area contributed by atoms with Crippen molar-refractivity contribution in [1.82, 2.24) is 5.32 Å². The van der Waals surface area contributed by atoms with E-state index in [4.69, 9.17) is 4.74 Å². The fourth-order valence-electron chi connectivity index (χ4n) is 2.45. The molecule has 2 nitrogen and oxygen atoms in total. The number of hydrogen-bond donors (Lipinski definition) is 1. The number of rotatable bonds is 6. The second-order valence-electron chi connectivity index (χ2n) is 5.18. The SMILES string of the molecule is CCCNC(c1ccc2c(c1)CCCO2)C(F)(F)C(F)F. The molecule has 1 aromatic carbocycles. The standard InChI is InChI=1S/C15H19F4NO/c1-2-7-20-13(15(18,19)14(16)17)11-5-6-12-10(9-11)4-3-8-21-12/h5-6,9,13-14,20H,2-4,7-8H2,1H3. The summed E-state index contributed by atoms with van der Waals surface area (Å²) < 4.78 is 58.4. The van der Waals surface area contributed by atoms with Crippen LogP contribution in [-0.4, -0.2) is 25.5 Å². The Kier molecular flexibility index (Phi) is 5.08. The van der Waals surface area contributed by atoms with Crippen molar-refractivity contribution < 1.29 is 22.3 Å². The van der Waals surface area contributed by atoms with E-state index in [0.717, 1.165) is 12.0 Å². The molecule has 21 heavy (non-hydrogen) atoms. The topological polar surface area (TPSA) is 21.3 Å². The van der Waals surface area contributed by atoms with Crippen molar-refractivity contribution in [2.75, 3.05) is 13.2 Å². The van der Waals surface area contributed by atoms with Crippen LogP contribution in [0.1, 0.15) is 36.9 Å². The summed E-state index contributed by atoms with van der Waals surface area (Å²) in [6.45, 7) is 2.64. The first-order valence-electron chi connectivity index (χ1n) is 7.11. The lowest BCUT2D eigenvalue weighted by atomic mass is 9.95. The molecule has 2 rings (SSSR count). The monoisotopic (exact) mass is 305 g/mol. The maximum Gasteiger partial charge on any atom is 0.326 e. The lowest BCUT2D eigenvalue weighted by Crippen LogP contribution is -2.42. The van der Waals surface area contributed by atoms with E-state index in [2.05, 4.69) is 5.32 Å². The van der Waals surface area contributed by atoms with Crippen molar-refractivity contribution in [3.8, 4) is 5.75 Å². The Bertz CT molecular complexity index is 479. The van der Waals surface area contributed by atoms with Gasteiger partial charge >= 0.3 is 12.3 Å². The van der Waals surface area contributed by atoms with E-state index in [1.54, 1.807) is 19.1 Å². The average Bonchev–Trinajstić information content (AvgIpc) is 2.47. The quantitative estimate of drug-likeness (QED) is 0.803. The highest BCUT2D eigenvalue weighted by Gasteiger charge is 2.49. The molecular weight excluding hydrogens is 286 g/mol. The van der Waals surface area contributed by atoms with Crippen molar-refractivity contribution in [1.29, 1.82) is 0 Å². The smallest absolute Gasteiger partial charge is 0.326 e. The van der Waals surface area contributed by atoms with Crippen LogP contribution in [0.5, 0.6) is 5.75 Å². The minimum Gasteiger partial charge on any atom is -0.493 e. The fraction of sp³-hybridized carbons (Fsp3) is 0.600. The van der Waals surface area contributed by atoms with Gasteiger partial charge in [0.05, 0.1) is 6.61 Å². The molecule has 1 N–H and O–H groups in total. The molecule has 1 atom stereocenters. The van der Waals surface area contributed by atoms with Crippen LogP contribution in [0.2, 0.25) is 0 Å². The van der Waals surface area contributed by atoms with Crippen molar-refractivity contribution in [3.05, 3.63) is 29.3 Å². The fourth-order valence-corrected chi connectivity index (χ4v) is 2.45. The van der Waals surface area contributed by atoms with Gasteiger partial charge in [-0.05, 0) is 43.0 Å². The highest BCUT2D eigenvalue weighted by Crippen LogP contribution is 2.38. The lowest BCUT2D eigenvalue weighted by Gasteiger charge is -2.29. The van der Waals surface area contributed by atoms with Crippen molar-refractivity contribution in [2.45, 2.75) is 44.6 Å². The van der Waals surface area contributed by atoms with E-state index < -0.39 is 18.4 Å². The number of nitrogens with one attached hydrogen (secondary N) is 1. The number of halogens is 4. The summed E-state index contributed by atoms with van der Waals surface area (Å²) in [5, 5.41) is 2.54. The molecule has 0 aliphatic carbocycles. The van der Waals surface area contributed by atoms with Crippen LogP contribution in [0.3, 0.4) is 0 Å². The molecule has 1 aliphatic rings. The molecule has 1 aliphatic heterocycles. The largest absolute Gasteiger partial charge is 0.493 e. The summed E-state index contributed by atoms with van der Waals surface area (Å²) in [7, 11) is 0. The summed E-state index contributed by atoms with van der Waals surface area (Å²) in [5.41, 5.74) is 0.977. The highest BCUT2D eigenvalue weighted by molar-refractivity contribution is 5.40. The molecule has 0 fully saturated rings. The molecule has 0 amide bonds.